The number of aromatic nitrogens is 4. The molecule has 5 heteroatoms. The van der Waals surface area contributed by atoms with Crippen molar-refractivity contribution in [3.63, 3.8) is 0 Å². The molecule has 158 valence electrons. The molecular formula is C26H29N5. The third-order valence-corrected chi connectivity index (χ3v) is 6.68. The van der Waals surface area contributed by atoms with Gasteiger partial charge >= 0.3 is 0 Å². The lowest BCUT2D eigenvalue weighted by Gasteiger charge is -2.27. The maximum Gasteiger partial charge on any atom is 0.162 e. The largest absolute Gasteiger partial charge is 0.323 e. The number of para-hydroxylation sites is 1. The van der Waals surface area contributed by atoms with Gasteiger partial charge in [0.2, 0.25) is 0 Å². The molecule has 2 N–H and O–H groups in total. The van der Waals surface area contributed by atoms with E-state index in [4.69, 9.17) is 9.97 Å². The molecule has 0 saturated heterocycles. The zero-order valence-electron chi connectivity index (χ0n) is 18.4. The Morgan fingerprint density at radius 3 is 2.42 bits per heavy atom. The number of H-pyrrole nitrogens is 1. The van der Waals surface area contributed by atoms with Crippen LogP contribution in [-0.2, 0) is 0 Å². The van der Waals surface area contributed by atoms with E-state index in [9.17, 15) is 0 Å². The Balaban J connectivity index is 1.61. The average Bonchev–Trinajstić information content (AvgIpc) is 3.19. The average molecular weight is 412 g/mol. The van der Waals surface area contributed by atoms with Crippen LogP contribution < -0.4 is 5.32 Å². The monoisotopic (exact) mass is 411 g/mol. The Kier molecular flexibility index (Phi) is 5.18. The normalized spacial score (nSPS) is 18.9. The SMILES string of the molecule is Cc1ccccc1-c1nc(Nc2n[nH]c3ccccc23)c(C)c(C2CCC(C)CC2)n1. The standard InChI is InChI=1S/C26H29N5/c1-16-12-14-19(15-13-16)23-18(3)24(28-25(27-23)20-9-5-4-8-17(20)2)29-26-21-10-6-7-11-22(21)30-31-26/h4-11,16,19H,12-15H2,1-3H3,(H2,27,28,29,30,31). The minimum absolute atomic E-state index is 0.485. The van der Waals surface area contributed by atoms with Crippen LogP contribution in [0.3, 0.4) is 0 Å². The first-order valence-electron chi connectivity index (χ1n) is 11.2. The number of rotatable bonds is 4. The molecule has 5 rings (SSSR count). The molecule has 4 aromatic rings. The molecule has 0 spiro atoms. The van der Waals surface area contributed by atoms with Gasteiger partial charge in [0.05, 0.1) is 11.2 Å². The van der Waals surface area contributed by atoms with Crippen LogP contribution >= 0.6 is 0 Å². The van der Waals surface area contributed by atoms with Crippen molar-refractivity contribution in [3.8, 4) is 11.4 Å². The van der Waals surface area contributed by atoms with Gasteiger partial charge in [-0.05, 0) is 50.3 Å². The van der Waals surface area contributed by atoms with Crippen LogP contribution in [0.2, 0.25) is 0 Å². The third kappa shape index (κ3) is 3.80. The van der Waals surface area contributed by atoms with Crippen LogP contribution in [0.4, 0.5) is 11.6 Å². The zero-order valence-corrected chi connectivity index (χ0v) is 18.4. The van der Waals surface area contributed by atoms with Crippen molar-refractivity contribution < 1.29 is 0 Å². The summed E-state index contributed by atoms with van der Waals surface area (Å²) in [6.45, 7) is 6.62. The predicted molar refractivity (Wildman–Crippen MR) is 127 cm³/mol. The van der Waals surface area contributed by atoms with Gasteiger partial charge in [0, 0.05) is 22.4 Å². The van der Waals surface area contributed by atoms with E-state index in [0.717, 1.165) is 45.4 Å². The van der Waals surface area contributed by atoms with Gasteiger partial charge in [0.15, 0.2) is 11.6 Å². The van der Waals surface area contributed by atoms with Crippen LogP contribution in [0.25, 0.3) is 22.3 Å². The molecule has 2 aromatic heterocycles. The van der Waals surface area contributed by atoms with Crippen LogP contribution in [0.1, 0.15) is 55.3 Å². The quantitative estimate of drug-likeness (QED) is 0.393. The van der Waals surface area contributed by atoms with Gasteiger partial charge in [-0.2, -0.15) is 5.10 Å². The summed E-state index contributed by atoms with van der Waals surface area (Å²) >= 11 is 0. The number of aromatic amines is 1. The van der Waals surface area contributed by atoms with Crippen molar-refractivity contribution in [2.75, 3.05) is 5.32 Å². The molecule has 1 aliphatic rings. The lowest BCUT2D eigenvalue weighted by atomic mass is 9.80. The number of benzene rings is 2. The van der Waals surface area contributed by atoms with Gasteiger partial charge in [-0.15, -0.1) is 0 Å². The second-order valence-electron chi connectivity index (χ2n) is 8.92. The van der Waals surface area contributed by atoms with Crippen molar-refractivity contribution in [2.45, 2.75) is 52.4 Å². The summed E-state index contributed by atoms with van der Waals surface area (Å²) in [7, 11) is 0. The Bertz CT molecular complexity index is 1220. The molecular weight excluding hydrogens is 382 g/mol. The van der Waals surface area contributed by atoms with E-state index in [1.54, 1.807) is 0 Å². The maximum absolute atomic E-state index is 5.13. The Morgan fingerprint density at radius 2 is 1.61 bits per heavy atom. The fourth-order valence-corrected chi connectivity index (χ4v) is 4.70. The molecule has 0 amide bonds. The predicted octanol–water partition coefficient (Wildman–Crippen LogP) is 6.67. The van der Waals surface area contributed by atoms with Crippen molar-refractivity contribution in [2.24, 2.45) is 5.92 Å². The summed E-state index contributed by atoms with van der Waals surface area (Å²) in [5.41, 5.74) is 5.59. The van der Waals surface area contributed by atoms with Crippen LogP contribution in [-0.4, -0.2) is 20.2 Å². The minimum atomic E-state index is 0.485. The number of nitrogens with one attached hydrogen (secondary N) is 2. The summed E-state index contributed by atoms with van der Waals surface area (Å²) in [6.07, 6.45) is 4.91. The second-order valence-corrected chi connectivity index (χ2v) is 8.92. The van der Waals surface area contributed by atoms with Crippen molar-refractivity contribution in [1.29, 1.82) is 0 Å². The fraction of sp³-hybridized carbons (Fsp3) is 0.346. The Labute approximate surface area is 183 Å². The molecule has 2 aromatic carbocycles. The molecule has 5 nitrogen and oxygen atoms in total. The van der Waals surface area contributed by atoms with E-state index >= 15 is 0 Å². The molecule has 0 radical (unpaired) electrons. The summed E-state index contributed by atoms with van der Waals surface area (Å²) in [5, 5.41) is 12.2. The van der Waals surface area contributed by atoms with Gasteiger partial charge in [-0.1, -0.05) is 56.2 Å². The Morgan fingerprint density at radius 1 is 0.871 bits per heavy atom. The minimum Gasteiger partial charge on any atom is -0.323 e. The van der Waals surface area contributed by atoms with Crippen LogP contribution in [0.5, 0.6) is 0 Å². The topological polar surface area (TPSA) is 66.5 Å². The maximum atomic E-state index is 5.13. The summed E-state index contributed by atoms with van der Waals surface area (Å²) < 4.78 is 0. The molecule has 0 aliphatic heterocycles. The van der Waals surface area contributed by atoms with Gasteiger partial charge < -0.3 is 5.32 Å². The highest BCUT2D eigenvalue weighted by Gasteiger charge is 2.25. The first-order valence-corrected chi connectivity index (χ1v) is 11.2. The van der Waals surface area contributed by atoms with Crippen molar-refractivity contribution >= 4 is 22.5 Å². The molecule has 1 aliphatic carbocycles. The number of aryl methyl sites for hydroxylation is 1. The van der Waals surface area contributed by atoms with Gasteiger partial charge in [0.1, 0.15) is 5.82 Å². The highest BCUT2D eigenvalue weighted by molar-refractivity contribution is 5.91. The summed E-state index contributed by atoms with van der Waals surface area (Å²) in [4.78, 5) is 10.1. The Hall–Kier alpha value is -3.21. The summed E-state index contributed by atoms with van der Waals surface area (Å²) in [5.74, 6) is 3.73. The number of hydrogen-bond donors (Lipinski definition) is 2. The number of hydrogen-bond acceptors (Lipinski definition) is 4. The highest BCUT2D eigenvalue weighted by atomic mass is 15.2. The highest BCUT2D eigenvalue weighted by Crippen LogP contribution is 2.39. The lowest BCUT2D eigenvalue weighted by Crippen LogP contribution is -2.15. The van der Waals surface area contributed by atoms with E-state index in [1.807, 2.05) is 18.2 Å². The van der Waals surface area contributed by atoms with E-state index in [1.165, 1.54) is 36.9 Å². The zero-order chi connectivity index (χ0) is 21.4. The second kappa shape index (κ2) is 8.14. The van der Waals surface area contributed by atoms with E-state index in [-0.39, 0.29) is 0 Å². The number of anilines is 2. The molecule has 1 fully saturated rings. The van der Waals surface area contributed by atoms with E-state index < -0.39 is 0 Å². The first-order chi connectivity index (χ1) is 15.1. The van der Waals surface area contributed by atoms with Crippen molar-refractivity contribution in [1.82, 2.24) is 20.2 Å². The fourth-order valence-electron chi connectivity index (χ4n) is 4.70. The smallest absolute Gasteiger partial charge is 0.162 e. The van der Waals surface area contributed by atoms with E-state index in [0.29, 0.717) is 5.92 Å². The van der Waals surface area contributed by atoms with Gasteiger partial charge in [-0.25, -0.2) is 9.97 Å². The van der Waals surface area contributed by atoms with Gasteiger partial charge in [-0.3, -0.25) is 5.10 Å². The number of nitrogens with zero attached hydrogens (tertiary/aromatic N) is 3. The molecule has 0 bridgehead atoms. The molecule has 1 saturated carbocycles. The third-order valence-electron chi connectivity index (χ3n) is 6.68. The van der Waals surface area contributed by atoms with Gasteiger partial charge in [0.25, 0.3) is 0 Å². The molecule has 2 heterocycles. The lowest BCUT2D eigenvalue weighted by molar-refractivity contribution is 0.343. The van der Waals surface area contributed by atoms with Crippen LogP contribution in [0, 0.1) is 19.8 Å². The van der Waals surface area contributed by atoms with Crippen LogP contribution in [0.15, 0.2) is 48.5 Å². The van der Waals surface area contributed by atoms with E-state index in [2.05, 4.69) is 66.6 Å². The van der Waals surface area contributed by atoms with Crippen molar-refractivity contribution in [3.05, 3.63) is 65.4 Å². The molecule has 31 heavy (non-hydrogen) atoms. The molecule has 0 unspecified atom stereocenters. The summed E-state index contributed by atoms with van der Waals surface area (Å²) in [6, 6.07) is 16.5. The first kappa shape index (κ1) is 19.7. The molecule has 0 atom stereocenters. The number of fused-ring (bicyclic) bond motifs is 1.